The minimum atomic E-state index is -1.16. The number of carboxylic acids is 2. The molecule has 20 heavy (non-hydrogen) atoms. The zero-order chi connectivity index (χ0) is 14.7. The Hall–Kier alpha value is -2.89. The van der Waals surface area contributed by atoms with E-state index < -0.39 is 17.8 Å². The molecule has 102 valence electrons. The topological polar surface area (TPSA) is 86.6 Å². The lowest BCUT2D eigenvalue weighted by molar-refractivity contribution is 0.0686. The number of anilines is 2. The third-order valence-corrected chi connectivity index (χ3v) is 2.62. The van der Waals surface area contributed by atoms with Crippen molar-refractivity contribution in [3.05, 3.63) is 59.4 Å². The highest BCUT2D eigenvalue weighted by Crippen LogP contribution is 2.21. The van der Waals surface area contributed by atoms with E-state index in [1.807, 2.05) is 0 Å². The number of halogens is 1. The molecule has 0 saturated carbocycles. The van der Waals surface area contributed by atoms with Crippen LogP contribution in [0.1, 0.15) is 20.7 Å². The van der Waals surface area contributed by atoms with E-state index in [4.69, 9.17) is 10.2 Å². The van der Waals surface area contributed by atoms with Crippen molar-refractivity contribution >= 4 is 23.3 Å². The second-order valence-electron chi connectivity index (χ2n) is 4.01. The van der Waals surface area contributed by atoms with E-state index in [9.17, 15) is 14.0 Å². The SMILES string of the molecule is O=C(O)c1ccc(Nc2cc(C(=O)O)ccc2F)cc1. The molecule has 0 heterocycles. The second-order valence-corrected chi connectivity index (χ2v) is 4.01. The van der Waals surface area contributed by atoms with Gasteiger partial charge in [0.25, 0.3) is 0 Å². The van der Waals surface area contributed by atoms with Crippen molar-refractivity contribution in [1.82, 2.24) is 0 Å². The van der Waals surface area contributed by atoms with E-state index in [2.05, 4.69) is 5.32 Å². The van der Waals surface area contributed by atoms with Crippen LogP contribution < -0.4 is 5.32 Å². The summed E-state index contributed by atoms with van der Waals surface area (Å²) in [5.74, 6) is -2.82. The summed E-state index contributed by atoms with van der Waals surface area (Å²) >= 11 is 0. The molecule has 0 fully saturated rings. The smallest absolute Gasteiger partial charge is 0.335 e. The highest BCUT2D eigenvalue weighted by Gasteiger charge is 2.09. The molecule has 0 aliphatic carbocycles. The summed E-state index contributed by atoms with van der Waals surface area (Å²) in [4.78, 5) is 21.5. The molecule has 2 aromatic rings. The van der Waals surface area contributed by atoms with Crippen LogP contribution in [0.2, 0.25) is 0 Å². The van der Waals surface area contributed by atoms with Crippen molar-refractivity contribution in [2.24, 2.45) is 0 Å². The van der Waals surface area contributed by atoms with Crippen LogP contribution in [0.3, 0.4) is 0 Å². The molecule has 2 rings (SSSR count). The first-order valence-corrected chi connectivity index (χ1v) is 5.60. The summed E-state index contributed by atoms with van der Waals surface area (Å²) in [5.41, 5.74) is 0.524. The fraction of sp³-hybridized carbons (Fsp3) is 0. The highest BCUT2D eigenvalue weighted by atomic mass is 19.1. The fourth-order valence-electron chi connectivity index (χ4n) is 1.61. The van der Waals surface area contributed by atoms with Gasteiger partial charge in [-0.25, -0.2) is 14.0 Å². The van der Waals surface area contributed by atoms with Gasteiger partial charge in [-0.3, -0.25) is 0 Å². The van der Waals surface area contributed by atoms with Crippen LogP contribution in [-0.2, 0) is 0 Å². The number of benzene rings is 2. The number of carbonyl (C=O) groups is 2. The van der Waals surface area contributed by atoms with Crippen molar-refractivity contribution in [2.45, 2.75) is 0 Å². The second kappa shape index (κ2) is 5.40. The Bertz CT molecular complexity index is 667. The van der Waals surface area contributed by atoms with Crippen molar-refractivity contribution in [3.8, 4) is 0 Å². The van der Waals surface area contributed by atoms with Crippen LogP contribution in [0, 0.1) is 5.82 Å². The van der Waals surface area contributed by atoms with Crippen LogP contribution in [0.4, 0.5) is 15.8 Å². The molecule has 0 aliphatic rings. The van der Waals surface area contributed by atoms with Crippen LogP contribution in [-0.4, -0.2) is 22.2 Å². The van der Waals surface area contributed by atoms with Gasteiger partial charge in [-0.1, -0.05) is 0 Å². The Kier molecular flexibility index (Phi) is 3.65. The molecular formula is C14H10FNO4. The number of hydrogen-bond donors (Lipinski definition) is 3. The van der Waals surface area contributed by atoms with Gasteiger partial charge >= 0.3 is 11.9 Å². The molecule has 0 aliphatic heterocycles. The molecule has 3 N–H and O–H groups in total. The lowest BCUT2D eigenvalue weighted by Gasteiger charge is -2.08. The summed E-state index contributed by atoms with van der Waals surface area (Å²) in [6, 6.07) is 9.05. The van der Waals surface area contributed by atoms with Gasteiger partial charge in [0, 0.05) is 5.69 Å². The predicted octanol–water partition coefficient (Wildman–Crippen LogP) is 2.97. The summed E-state index contributed by atoms with van der Waals surface area (Å²) in [6.45, 7) is 0. The number of rotatable bonds is 4. The van der Waals surface area contributed by atoms with Crippen molar-refractivity contribution in [2.75, 3.05) is 5.32 Å². The van der Waals surface area contributed by atoms with E-state index in [1.165, 1.54) is 30.3 Å². The Morgan fingerprint density at radius 2 is 1.45 bits per heavy atom. The van der Waals surface area contributed by atoms with E-state index in [-0.39, 0.29) is 16.8 Å². The fourth-order valence-corrected chi connectivity index (χ4v) is 1.61. The Morgan fingerprint density at radius 3 is 2.00 bits per heavy atom. The van der Waals surface area contributed by atoms with E-state index in [1.54, 1.807) is 0 Å². The lowest BCUT2D eigenvalue weighted by atomic mass is 10.1. The quantitative estimate of drug-likeness (QED) is 0.798. The van der Waals surface area contributed by atoms with Crippen molar-refractivity contribution in [1.29, 1.82) is 0 Å². The zero-order valence-corrected chi connectivity index (χ0v) is 10.1. The summed E-state index contributed by atoms with van der Waals surface area (Å²) < 4.78 is 13.6. The van der Waals surface area contributed by atoms with Gasteiger partial charge in [0.2, 0.25) is 0 Å². The predicted molar refractivity (Wildman–Crippen MR) is 70.0 cm³/mol. The first-order chi connectivity index (χ1) is 9.47. The minimum Gasteiger partial charge on any atom is -0.478 e. The summed E-state index contributed by atoms with van der Waals surface area (Å²) in [7, 11) is 0. The maximum atomic E-state index is 13.6. The van der Waals surface area contributed by atoms with E-state index in [0.717, 1.165) is 12.1 Å². The van der Waals surface area contributed by atoms with Crippen LogP contribution in [0.25, 0.3) is 0 Å². The van der Waals surface area contributed by atoms with Gasteiger partial charge in [0.15, 0.2) is 0 Å². The number of hydrogen-bond acceptors (Lipinski definition) is 3. The summed E-state index contributed by atoms with van der Waals surface area (Å²) in [5, 5.41) is 20.3. The molecule has 0 atom stereocenters. The molecule has 2 aromatic carbocycles. The van der Waals surface area contributed by atoms with Gasteiger partial charge in [-0.15, -0.1) is 0 Å². The van der Waals surface area contributed by atoms with E-state index >= 15 is 0 Å². The Morgan fingerprint density at radius 1 is 0.900 bits per heavy atom. The van der Waals surface area contributed by atoms with Gasteiger partial charge in [0.1, 0.15) is 5.82 Å². The average Bonchev–Trinajstić information content (AvgIpc) is 2.41. The number of carboxylic acid groups (broad SMARTS) is 2. The molecule has 0 aromatic heterocycles. The zero-order valence-electron chi connectivity index (χ0n) is 10.1. The Labute approximate surface area is 113 Å². The Balaban J connectivity index is 2.27. The standard InChI is InChI=1S/C14H10FNO4/c15-11-6-3-9(14(19)20)7-12(11)16-10-4-1-8(2-5-10)13(17)18/h1-7,16H,(H,17,18)(H,19,20). The van der Waals surface area contributed by atoms with Gasteiger partial charge in [-0.05, 0) is 42.5 Å². The lowest BCUT2D eigenvalue weighted by Crippen LogP contribution is -2.01. The van der Waals surface area contributed by atoms with E-state index in [0.29, 0.717) is 5.69 Å². The molecule has 0 unspecified atom stereocenters. The highest BCUT2D eigenvalue weighted by molar-refractivity contribution is 5.89. The third-order valence-electron chi connectivity index (χ3n) is 2.62. The monoisotopic (exact) mass is 275 g/mol. The average molecular weight is 275 g/mol. The molecule has 5 nitrogen and oxygen atoms in total. The maximum absolute atomic E-state index is 13.6. The van der Waals surface area contributed by atoms with Gasteiger partial charge < -0.3 is 15.5 Å². The maximum Gasteiger partial charge on any atom is 0.335 e. The first-order valence-electron chi connectivity index (χ1n) is 5.60. The molecule has 0 bridgehead atoms. The van der Waals surface area contributed by atoms with Crippen LogP contribution in [0.15, 0.2) is 42.5 Å². The van der Waals surface area contributed by atoms with Crippen LogP contribution in [0.5, 0.6) is 0 Å². The largest absolute Gasteiger partial charge is 0.478 e. The molecule has 0 spiro atoms. The number of aromatic carboxylic acids is 2. The van der Waals surface area contributed by atoms with Crippen molar-refractivity contribution < 1.29 is 24.2 Å². The molecule has 6 heteroatoms. The minimum absolute atomic E-state index is 0.00738. The molecule has 0 radical (unpaired) electrons. The van der Waals surface area contributed by atoms with Gasteiger partial charge in [-0.2, -0.15) is 0 Å². The molecular weight excluding hydrogens is 265 g/mol. The van der Waals surface area contributed by atoms with Crippen molar-refractivity contribution in [3.63, 3.8) is 0 Å². The summed E-state index contributed by atoms with van der Waals surface area (Å²) in [6.07, 6.45) is 0. The van der Waals surface area contributed by atoms with Gasteiger partial charge in [0.05, 0.1) is 16.8 Å². The molecule has 0 saturated heterocycles. The third kappa shape index (κ3) is 2.92. The number of nitrogens with one attached hydrogen (secondary N) is 1. The normalized spacial score (nSPS) is 10.1. The van der Waals surface area contributed by atoms with Crippen LogP contribution >= 0.6 is 0 Å². The first kappa shape index (κ1) is 13.5. The molecule has 0 amide bonds.